The first-order valence-electron chi connectivity index (χ1n) is 41.2. The highest BCUT2D eigenvalue weighted by molar-refractivity contribution is 6.91. The van der Waals surface area contributed by atoms with Gasteiger partial charge in [0.2, 0.25) is 11.8 Å². The van der Waals surface area contributed by atoms with Crippen LogP contribution in [0.4, 0.5) is 0 Å². The van der Waals surface area contributed by atoms with Crippen LogP contribution in [0.3, 0.4) is 0 Å². The molecule has 0 bridgehead atoms. The van der Waals surface area contributed by atoms with Crippen LogP contribution in [0.5, 0.6) is 0 Å². The Kier molecular flexibility index (Phi) is 58.5. The van der Waals surface area contributed by atoms with Gasteiger partial charge < -0.3 is 72.6 Å². The third-order valence-electron chi connectivity index (χ3n) is 16.1. The Balaban J connectivity index is -0.000000769. The molecule has 0 aliphatic heterocycles. The van der Waals surface area contributed by atoms with Gasteiger partial charge in [-0.3, -0.25) is 9.59 Å². The summed E-state index contributed by atoms with van der Waals surface area (Å²) in [4.78, 5) is 91.0. The van der Waals surface area contributed by atoms with E-state index in [1.165, 1.54) is 19.1 Å². The number of carbonyl (C=O) groups excluding carboxylic acids is 8. The topological polar surface area (TPSA) is 290 Å². The zero-order chi connectivity index (χ0) is 90.2. The van der Waals surface area contributed by atoms with Crippen LogP contribution >= 0.6 is 0 Å². The van der Waals surface area contributed by atoms with Gasteiger partial charge in [-0.1, -0.05) is 71.4 Å². The van der Waals surface area contributed by atoms with E-state index in [2.05, 4.69) is 168 Å². The molecular weight excluding hydrogens is 1630 g/mol. The molecule has 0 aromatic carbocycles. The number of hydrogen-bond acceptors (Lipinski definition) is 22. The molecule has 0 saturated heterocycles. The maximum absolute atomic E-state index is 11.8. The second kappa shape index (κ2) is 57.4. The van der Waals surface area contributed by atoms with Crippen molar-refractivity contribution in [2.75, 3.05) is 52.9 Å². The van der Waals surface area contributed by atoms with Gasteiger partial charge in [0, 0.05) is 71.7 Å². The van der Waals surface area contributed by atoms with E-state index in [1.54, 1.807) is 27.7 Å². The van der Waals surface area contributed by atoms with Crippen molar-refractivity contribution in [3.63, 3.8) is 0 Å². The average molecular weight is 1800 g/mol. The van der Waals surface area contributed by atoms with Gasteiger partial charge in [0.15, 0.2) is 49.9 Å². The highest BCUT2D eigenvalue weighted by Gasteiger charge is 2.46. The molecule has 0 aromatic rings. The Hall–Kier alpha value is -3.95. The number of rotatable bonds is 56. The van der Waals surface area contributed by atoms with Crippen LogP contribution in [-0.4, -0.2) is 196 Å². The van der Waals surface area contributed by atoms with Crippen LogP contribution in [0.15, 0.2) is 73.4 Å². The summed E-state index contributed by atoms with van der Waals surface area (Å²) in [6.45, 7) is 84.9. The maximum atomic E-state index is 11.8. The van der Waals surface area contributed by atoms with Gasteiger partial charge in [-0.15, -0.1) is 0 Å². The predicted octanol–water partition coefficient (Wildman–Crippen LogP) is 19.7. The fourth-order valence-electron chi connectivity index (χ4n) is 12.2. The van der Waals surface area contributed by atoms with E-state index in [-0.39, 0.29) is 52.7 Å². The molecule has 670 valence electrons. The summed E-state index contributed by atoms with van der Waals surface area (Å²) in [5, 5.41) is 5.50. The molecule has 2 amide bonds. The molecule has 0 aromatic heterocycles. The van der Waals surface area contributed by atoms with Crippen molar-refractivity contribution in [2.24, 2.45) is 0 Å². The normalized spacial score (nSPS) is 13.0. The summed E-state index contributed by atoms with van der Waals surface area (Å²) < 4.78 is 83.8. The van der Waals surface area contributed by atoms with E-state index in [1.807, 2.05) is 48.5 Å². The lowest BCUT2D eigenvalue weighted by molar-refractivity contribution is -0.139. The molecule has 0 spiro atoms. The molecule has 24 nitrogen and oxygen atoms in total. The Morgan fingerprint density at radius 2 is 0.565 bits per heavy atom. The summed E-state index contributed by atoms with van der Waals surface area (Å²) in [5.41, 5.74) is 1.28. The Morgan fingerprint density at radius 3 is 0.800 bits per heavy atom. The first-order chi connectivity index (χ1) is 52.2. The molecule has 0 aliphatic carbocycles. The fraction of sp³-hybridized carbons (Fsp3) is 0.753. The fourth-order valence-corrected chi connectivity index (χ4v) is 60.4. The number of unbranched alkanes of at least 4 members (excludes halogenated alkanes) is 6. The molecule has 115 heavy (non-hydrogen) atoms. The highest BCUT2D eigenvalue weighted by atomic mass is 28.5. The van der Waals surface area contributed by atoms with E-state index >= 15 is 0 Å². The quantitative estimate of drug-likeness (QED) is 0.0188. The van der Waals surface area contributed by atoms with E-state index in [0.717, 1.165) is 132 Å². The van der Waals surface area contributed by atoms with Crippen molar-refractivity contribution in [3.8, 4) is 0 Å². The van der Waals surface area contributed by atoms with Crippen LogP contribution < -0.4 is 10.6 Å². The van der Waals surface area contributed by atoms with Gasteiger partial charge in [0.25, 0.3) is 0 Å². The van der Waals surface area contributed by atoms with Crippen LogP contribution in [0, 0.1) is 0 Å². The standard InChI is InChI=1S/C28H58O8Si4.C25H49NO7Si3.C22H44O6Si3.C6H13NO/c1-13-31-19-18-24-40(12,35-38(8,9)23-17-15-21-33-28(30)26(4)5)36-39(10,11)34-37(6,7)22-16-14-20-32-27(29)25(2)3;1-11-23(28)30-18-12-14-20-34(5,6)32-36(9,10)33-35(7,8)21-15-13-19-31-24(29)17-16-22(27)26-25(2,3)4;1-19(2)21(23)25-15-11-13-17-29(5,6)27-31(9,10)28-30(7,8)18-14-12-16-26-22(24)20(3)4;1-5(8)7-6(2,3)4/h2,4,13-24H2,1,3,5-12H3;11,16-17H,1,12-15,18-21H2,2-10H3,(H,26,27);1,3,11-18H2,2,4-10H3;1-4H3,(H,7,8)/b;17-16+;;. The third kappa shape index (κ3) is 73.7. The third-order valence-corrected chi connectivity index (χ3v) is 55.3. The summed E-state index contributed by atoms with van der Waals surface area (Å²) in [6, 6.07) is 6.74. The first kappa shape index (κ1) is 117. The molecule has 1 atom stereocenters. The highest BCUT2D eigenvalue weighted by Crippen LogP contribution is 2.33. The minimum Gasteiger partial charge on any atom is -0.463 e. The van der Waals surface area contributed by atoms with Crippen molar-refractivity contribution in [1.82, 2.24) is 10.6 Å². The molecule has 0 rings (SSSR count). The van der Waals surface area contributed by atoms with E-state index in [4.69, 9.17) is 62.0 Å². The second-order valence-corrected chi connectivity index (χ2v) is 77.9. The Bertz CT molecular complexity index is 2960. The number of amides is 2. The molecule has 0 heterocycles. The maximum Gasteiger partial charge on any atom is 0.333 e. The lowest BCUT2D eigenvalue weighted by atomic mass is 10.1. The minimum absolute atomic E-state index is 0.0255. The van der Waals surface area contributed by atoms with Crippen LogP contribution in [0.25, 0.3) is 0 Å². The number of ether oxygens (including phenoxy) is 7. The zero-order valence-corrected chi connectivity index (χ0v) is 88.0. The van der Waals surface area contributed by atoms with E-state index in [9.17, 15) is 38.4 Å². The molecule has 0 fully saturated rings. The zero-order valence-electron chi connectivity index (χ0n) is 78.0. The molecule has 34 heteroatoms. The lowest BCUT2D eigenvalue weighted by Crippen LogP contribution is -2.57. The van der Waals surface area contributed by atoms with Gasteiger partial charge in [0.1, 0.15) is 0 Å². The number of carbonyl (C=O) groups is 8. The molecule has 2 N–H and O–H groups in total. The number of hydrogen-bond donors (Lipinski definition) is 2. The Morgan fingerprint density at radius 1 is 0.313 bits per heavy atom. The molecule has 0 radical (unpaired) electrons. The van der Waals surface area contributed by atoms with Crippen molar-refractivity contribution < 1.29 is 100 Å². The van der Waals surface area contributed by atoms with Crippen LogP contribution in [0.2, 0.25) is 167 Å². The first-order valence-corrected chi connectivity index (χ1v) is 70.9. The van der Waals surface area contributed by atoms with Crippen LogP contribution in [0.1, 0.15) is 167 Å². The van der Waals surface area contributed by atoms with Gasteiger partial charge in [-0.25, -0.2) is 28.8 Å². The van der Waals surface area contributed by atoms with Gasteiger partial charge in [-0.2, -0.15) is 0 Å². The van der Waals surface area contributed by atoms with E-state index in [0.29, 0.717) is 75.1 Å². The van der Waals surface area contributed by atoms with Crippen molar-refractivity contribution in [1.29, 1.82) is 0 Å². The van der Waals surface area contributed by atoms with Gasteiger partial charge in [0.05, 0.1) is 39.6 Å². The summed E-state index contributed by atoms with van der Waals surface area (Å²) in [5.74, 6) is -2.50. The molecule has 0 saturated carbocycles. The lowest BCUT2D eigenvalue weighted by Gasteiger charge is -2.42. The largest absolute Gasteiger partial charge is 0.463 e. The minimum atomic E-state index is -2.56. The van der Waals surface area contributed by atoms with E-state index < -0.39 is 90.1 Å². The average Bonchev–Trinajstić information content (AvgIpc) is 0.814. The van der Waals surface area contributed by atoms with Gasteiger partial charge in [-0.05, 0) is 288 Å². The second-order valence-electron chi connectivity index (χ2n) is 36.9. The predicted molar refractivity (Wildman–Crippen MR) is 493 cm³/mol. The van der Waals surface area contributed by atoms with Crippen molar-refractivity contribution in [2.45, 2.75) is 344 Å². The van der Waals surface area contributed by atoms with Crippen LogP contribution in [-0.2, 0) is 100 Å². The van der Waals surface area contributed by atoms with Crippen molar-refractivity contribution >= 4 is 132 Å². The number of esters is 6. The summed E-state index contributed by atoms with van der Waals surface area (Å²) in [6.07, 6.45) is 14.9. The Labute approximate surface area is 708 Å². The van der Waals surface area contributed by atoms with Crippen molar-refractivity contribution in [3.05, 3.63) is 73.4 Å². The summed E-state index contributed by atoms with van der Waals surface area (Å²) >= 11 is 0. The molecule has 1 unspecified atom stereocenters. The molecule has 0 aliphatic rings. The smallest absolute Gasteiger partial charge is 0.333 e. The SMILES string of the molecule is C=C(C)C(=O)OCCCC[Si](C)(C)O[Si](C)(C)O[Si](C)(C)CCCCOC(=O)C(=C)C.C=C(C)C(=O)OCCCC[Si](C)(C)O[Si](C)(C)O[Si](C)(CCCOCC)O[Si](C)(C)CCCCOC(=O)C(=C)C.C=CC(=O)OCCCC[Si](C)(C)O[Si](C)(C)O[Si](C)(C)CCCCOC(=O)/C=C/C(=O)NC(C)(C)C.CC(=O)NC(C)(C)C. The summed E-state index contributed by atoms with van der Waals surface area (Å²) in [7, 11) is -21.2. The molecular formula is C81H164N2O22Si10. The monoisotopic (exact) mass is 1800 g/mol. The van der Waals surface area contributed by atoms with Gasteiger partial charge >= 0.3 is 70.1 Å². The number of nitrogens with one attached hydrogen (secondary N) is 2.